The molecule has 0 unspecified atom stereocenters. The molecular weight excluding hydrogens is 250 g/mol. The van der Waals surface area contributed by atoms with E-state index >= 15 is 0 Å². The molecule has 2 rings (SSSR count). The molecule has 2 heterocycles. The van der Waals surface area contributed by atoms with Crippen LogP contribution in [0.3, 0.4) is 0 Å². The lowest BCUT2D eigenvalue weighted by molar-refractivity contribution is 0.594. The quantitative estimate of drug-likeness (QED) is 0.768. The van der Waals surface area contributed by atoms with Gasteiger partial charge in [-0.05, 0) is 12.1 Å². The molecule has 0 N–H and O–H groups in total. The van der Waals surface area contributed by atoms with Crippen LogP contribution in [0.2, 0.25) is 0 Å². The SMILES string of the molecule is O=S(=O)(CCCl)c1ccc2nccnc2n1. The largest absolute Gasteiger partial charge is 0.251 e. The molecule has 0 atom stereocenters. The molecule has 0 fully saturated rings. The number of rotatable bonds is 3. The van der Waals surface area contributed by atoms with Crippen LogP contribution in [0.4, 0.5) is 0 Å². The van der Waals surface area contributed by atoms with Gasteiger partial charge in [-0.1, -0.05) is 0 Å². The van der Waals surface area contributed by atoms with Crippen molar-refractivity contribution in [3.63, 3.8) is 0 Å². The first-order valence-corrected chi connectivity index (χ1v) is 6.69. The standard InChI is InChI=1S/C9H8ClN3O2S/c10-3-6-16(14,15)8-2-1-7-9(13-8)12-5-4-11-7/h1-2,4-5H,3,6H2. The van der Waals surface area contributed by atoms with Gasteiger partial charge in [0.1, 0.15) is 5.52 Å². The topological polar surface area (TPSA) is 72.8 Å². The summed E-state index contributed by atoms with van der Waals surface area (Å²) in [6, 6.07) is 3.00. The van der Waals surface area contributed by atoms with E-state index in [1.165, 1.54) is 18.5 Å². The Labute approximate surface area is 97.4 Å². The van der Waals surface area contributed by atoms with E-state index in [1.807, 2.05) is 0 Å². The Morgan fingerprint density at radius 3 is 2.69 bits per heavy atom. The van der Waals surface area contributed by atoms with Gasteiger partial charge in [-0.2, -0.15) is 0 Å². The summed E-state index contributed by atoms with van der Waals surface area (Å²) in [6.07, 6.45) is 2.99. The summed E-state index contributed by atoms with van der Waals surface area (Å²) >= 11 is 5.42. The van der Waals surface area contributed by atoms with E-state index in [0.29, 0.717) is 11.2 Å². The second-order valence-electron chi connectivity index (χ2n) is 3.06. The minimum Gasteiger partial charge on any atom is -0.251 e. The highest BCUT2D eigenvalue weighted by Crippen LogP contribution is 2.12. The molecule has 0 aliphatic heterocycles. The van der Waals surface area contributed by atoms with Gasteiger partial charge in [-0.25, -0.2) is 18.4 Å². The average molecular weight is 258 g/mol. The third kappa shape index (κ3) is 2.12. The van der Waals surface area contributed by atoms with Gasteiger partial charge in [0.2, 0.25) is 0 Å². The van der Waals surface area contributed by atoms with Crippen molar-refractivity contribution < 1.29 is 8.42 Å². The number of sulfone groups is 1. The molecule has 0 bridgehead atoms. The predicted octanol–water partition coefficient (Wildman–Crippen LogP) is 1.04. The first-order chi connectivity index (χ1) is 7.63. The number of pyridine rings is 1. The number of fused-ring (bicyclic) bond motifs is 1. The van der Waals surface area contributed by atoms with Gasteiger partial charge in [0.05, 0.1) is 5.75 Å². The summed E-state index contributed by atoms with van der Waals surface area (Å²) < 4.78 is 23.4. The number of hydrogen-bond donors (Lipinski definition) is 0. The Kier molecular flexibility index (Phi) is 3.02. The Balaban J connectivity index is 2.55. The summed E-state index contributed by atoms with van der Waals surface area (Å²) in [4.78, 5) is 11.9. The fourth-order valence-electron chi connectivity index (χ4n) is 1.22. The monoisotopic (exact) mass is 257 g/mol. The molecule has 0 amide bonds. The molecule has 84 valence electrons. The van der Waals surface area contributed by atoms with Gasteiger partial charge in [0.15, 0.2) is 20.5 Å². The number of hydrogen-bond acceptors (Lipinski definition) is 5. The van der Waals surface area contributed by atoms with Crippen LogP contribution in [-0.2, 0) is 9.84 Å². The number of halogens is 1. The van der Waals surface area contributed by atoms with Gasteiger partial charge in [-0.3, -0.25) is 4.98 Å². The normalized spacial score (nSPS) is 11.8. The van der Waals surface area contributed by atoms with Gasteiger partial charge < -0.3 is 0 Å². The molecular formula is C9H8ClN3O2S. The Morgan fingerprint density at radius 1 is 1.19 bits per heavy atom. The minimum absolute atomic E-state index is 0.0128. The van der Waals surface area contributed by atoms with Gasteiger partial charge >= 0.3 is 0 Å². The van der Waals surface area contributed by atoms with Crippen molar-refractivity contribution in [1.82, 2.24) is 15.0 Å². The summed E-state index contributed by atoms with van der Waals surface area (Å²) in [6.45, 7) is 0. The summed E-state index contributed by atoms with van der Waals surface area (Å²) in [5.41, 5.74) is 0.880. The summed E-state index contributed by atoms with van der Waals surface area (Å²) in [5.74, 6) is -0.0875. The molecule has 7 heteroatoms. The van der Waals surface area contributed by atoms with E-state index in [-0.39, 0.29) is 16.7 Å². The Bertz CT molecular complexity index is 615. The molecule has 16 heavy (non-hydrogen) atoms. The molecule has 0 saturated heterocycles. The average Bonchev–Trinajstić information content (AvgIpc) is 2.28. The van der Waals surface area contributed by atoms with Crippen LogP contribution in [0, 0.1) is 0 Å². The van der Waals surface area contributed by atoms with E-state index < -0.39 is 9.84 Å². The van der Waals surface area contributed by atoms with Gasteiger partial charge in [0.25, 0.3) is 0 Å². The highest BCUT2D eigenvalue weighted by Gasteiger charge is 2.15. The van der Waals surface area contributed by atoms with Crippen LogP contribution in [0.15, 0.2) is 29.6 Å². The van der Waals surface area contributed by atoms with Gasteiger partial charge in [-0.15, -0.1) is 11.6 Å². The fraction of sp³-hybridized carbons (Fsp3) is 0.222. The van der Waals surface area contributed by atoms with Crippen molar-refractivity contribution >= 4 is 32.6 Å². The van der Waals surface area contributed by atoms with Crippen molar-refractivity contribution in [2.24, 2.45) is 0 Å². The number of aromatic nitrogens is 3. The van der Waals surface area contributed by atoms with Crippen molar-refractivity contribution in [3.8, 4) is 0 Å². The number of nitrogens with zero attached hydrogens (tertiary/aromatic N) is 3. The van der Waals surface area contributed by atoms with Crippen LogP contribution in [0.5, 0.6) is 0 Å². The minimum atomic E-state index is -3.41. The molecule has 2 aromatic heterocycles. The highest BCUT2D eigenvalue weighted by molar-refractivity contribution is 7.91. The third-order valence-corrected chi connectivity index (χ3v) is 3.99. The van der Waals surface area contributed by atoms with E-state index in [4.69, 9.17) is 11.6 Å². The molecule has 5 nitrogen and oxygen atoms in total. The van der Waals surface area contributed by atoms with Crippen molar-refractivity contribution in [2.75, 3.05) is 11.6 Å². The lowest BCUT2D eigenvalue weighted by Crippen LogP contribution is -2.10. The summed E-state index contributed by atoms with van der Waals surface area (Å²) in [7, 11) is -3.41. The smallest absolute Gasteiger partial charge is 0.196 e. The third-order valence-electron chi connectivity index (χ3n) is 1.97. The lowest BCUT2D eigenvalue weighted by atomic mass is 10.4. The maximum Gasteiger partial charge on any atom is 0.196 e. The molecule has 2 aromatic rings. The number of alkyl halides is 1. The zero-order valence-corrected chi connectivity index (χ0v) is 9.74. The molecule has 0 aliphatic carbocycles. The fourth-order valence-corrected chi connectivity index (χ4v) is 2.74. The molecule has 0 aromatic carbocycles. The van der Waals surface area contributed by atoms with Crippen molar-refractivity contribution in [2.45, 2.75) is 5.03 Å². The van der Waals surface area contributed by atoms with E-state index in [2.05, 4.69) is 15.0 Å². The second kappa shape index (κ2) is 4.31. The molecule has 0 radical (unpaired) electrons. The van der Waals surface area contributed by atoms with E-state index in [1.54, 1.807) is 6.07 Å². The zero-order valence-electron chi connectivity index (χ0n) is 8.17. The first kappa shape index (κ1) is 11.2. The maximum absolute atomic E-state index is 11.7. The molecule has 0 spiro atoms. The maximum atomic E-state index is 11.7. The van der Waals surface area contributed by atoms with E-state index in [0.717, 1.165) is 0 Å². The van der Waals surface area contributed by atoms with Crippen LogP contribution in [0.25, 0.3) is 11.2 Å². The van der Waals surface area contributed by atoms with Crippen molar-refractivity contribution in [3.05, 3.63) is 24.5 Å². The highest BCUT2D eigenvalue weighted by atomic mass is 35.5. The van der Waals surface area contributed by atoms with Crippen LogP contribution in [-0.4, -0.2) is 35.0 Å². The molecule has 0 saturated carbocycles. The van der Waals surface area contributed by atoms with Gasteiger partial charge in [0, 0.05) is 18.3 Å². The van der Waals surface area contributed by atoms with Crippen molar-refractivity contribution in [1.29, 1.82) is 0 Å². The van der Waals surface area contributed by atoms with E-state index in [9.17, 15) is 8.42 Å². The Hall–Kier alpha value is -1.27. The van der Waals surface area contributed by atoms with Crippen LogP contribution < -0.4 is 0 Å². The second-order valence-corrected chi connectivity index (χ2v) is 5.49. The first-order valence-electron chi connectivity index (χ1n) is 4.50. The zero-order chi connectivity index (χ0) is 11.6. The molecule has 0 aliphatic rings. The predicted molar refractivity (Wildman–Crippen MR) is 60.1 cm³/mol. The summed E-state index contributed by atoms with van der Waals surface area (Å²) in [5, 5.41) is -0.0128. The van der Waals surface area contributed by atoms with Crippen LogP contribution >= 0.6 is 11.6 Å². The van der Waals surface area contributed by atoms with Crippen LogP contribution in [0.1, 0.15) is 0 Å². The Morgan fingerprint density at radius 2 is 1.94 bits per heavy atom. The lowest BCUT2D eigenvalue weighted by Gasteiger charge is -2.01.